The molecule has 0 aliphatic carbocycles. The van der Waals surface area contributed by atoms with Gasteiger partial charge in [-0.2, -0.15) is 0 Å². The summed E-state index contributed by atoms with van der Waals surface area (Å²) in [6, 6.07) is 17.5. The number of nitrogens with one attached hydrogen (secondary N) is 2. The van der Waals surface area contributed by atoms with Crippen LogP contribution in [0.1, 0.15) is 38.8 Å². The van der Waals surface area contributed by atoms with Crippen molar-refractivity contribution in [3.63, 3.8) is 0 Å². The first kappa shape index (κ1) is 29.9. The van der Waals surface area contributed by atoms with E-state index in [0.29, 0.717) is 0 Å². The van der Waals surface area contributed by atoms with Crippen LogP contribution >= 0.6 is 0 Å². The number of piperazine rings is 1. The van der Waals surface area contributed by atoms with Crippen LogP contribution in [0.5, 0.6) is 0 Å². The molecule has 0 bridgehead atoms. The number of alkyl carbamates (subject to hydrolysis) is 1. The Kier molecular flexibility index (Phi) is 9.17. The Hall–Kier alpha value is -4.12. The SMILES string of the molecule is CC(OCc1ccccc1)C(NC(=O)OCc1ccccc1)C(=O)N1CCN(C(=O)OC(C)(C)C)CC12CNC2=O. The van der Waals surface area contributed by atoms with E-state index in [0.717, 1.165) is 11.1 Å². The van der Waals surface area contributed by atoms with E-state index in [4.69, 9.17) is 14.2 Å². The second-order valence-corrected chi connectivity index (χ2v) is 11.3. The second kappa shape index (κ2) is 12.6. The molecule has 2 saturated heterocycles. The molecule has 11 nitrogen and oxygen atoms in total. The Labute approximate surface area is 240 Å². The maximum atomic E-state index is 14.1. The summed E-state index contributed by atoms with van der Waals surface area (Å²) in [6.07, 6.45) is -2.11. The van der Waals surface area contributed by atoms with Crippen LogP contribution in [-0.4, -0.2) is 83.3 Å². The van der Waals surface area contributed by atoms with E-state index in [2.05, 4.69) is 10.6 Å². The minimum absolute atomic E-state index is 0.0216. The molecule has 2 fully saturated rings. The molecule has 0 saturated carbocycles. The molecule has 4 amide bonds. The molecule has 0 radical (unpaired) electrons. The van der Waals surface area contributed by atoms with Crippen LogP contribution in [0.15, 0.2) is 60.7 Å². The van der Waals surface area contributed by atoms with Crippen molar-refractivity contribution in [1.82, 2.24) is 20.4 Å². The van der Waals surface area contributed by atoms with Gasteiger partial charge in [-0.25, -0.2) is 9.59 Å². The number of amides is 4. The van der Waals surface area contributed by atoms with Gasteiger partial charge in [-0.15, -0.1) is 0 Å². The molecule has 2 aromatic rings. The second-order valence-electron chi connectivity index (χ2n) is 11.3. The molecule has 0 aromatic heterocycles. The highest BCUT2D eigenvalue weighted by atomic mass is 16.6. The molecule has 2 aromatic carbocycles. The third kappa shape index (κ3) is 7.35. The van der Waals surface area contributed by atoms with Gasteiger partial charge in [0.2, 0.25) is 11.8 Å². The van der Waals surface area contributed by atoms with Crippen molar-refractivity contribution in [2.24, 2.45) is 0 Å². The minimum Gasteiger partial charge on any atom is -0.445 e. The maximum Gasteiger partial charge on any atom is 0.410 e. The fraction of sp³-hybridized carbons (Fsp3) is 0.467. The third-order valence-electron chi connectivity index (χ3n) is 7.02. The largest absolute Gasteiger partial charge is 0.445 e. The molecule has 3 atom stereocenters. The summed E-state index contributed by atoms with van der Waals surface area (Å²) in [5.74, 6) is -0.872. The highest BCUT2D eigenvalue weighted by Crippen LogP contribution is 2.29. The van der Waals surface area contributed by atoms with Crippen molar-refractivity contribution in [2.45, 2.75) is 64.2 Å². The summed E-state index contributed by atoms with van der Waals surface area (Å²) in [7, 11) is 0. The zero-order valence-electron chi connectivity index (χ0n) is 23.9. The van der Waals surface area contributed by atoms with Gasteiger partial charge < -0.3 is 34.6 Å². The zero-order valence-corrected chi connectivity index (χ0v) is 23.9. The van der Waals surface area contributed by atoms with Gasteiger partial charge in [0.25, 0.3) is 0 Å². The summed E-state index contributed by atoms with van der Waals surface area (Å²) in [6.45, 7) is 7.60. The first-order valence-electron chi connectivity index (χ1n) is 13.7. The van der Waals surface area contributed by atoms with Crippen molar-refractivity contribution in [2.75, 3.05) is 26.2 Å². The average Bonchev–Trinajstić information content (AvgIpc) is 2.96. The molecule has 4 rings (SSSR count). The monoisotopic (exact) mass is 566 g/mol. The fourth-order valence-corrected chi connectivity index (χ4v) is 4.77. The Morgan fingerprint density at radius 1 is 0.976 bits per heavy atom. The first-order valence-corrected chi connectivity index (χ1v) is 13.7. The van der Waals surface area contributed by atoms with Gasteiger partial charge in [-0.05, 0) is 38.8 Å². The Bertz CT molecular complexity index is 1230. The van der Waals surface area contributed by atoms with Crippen molar-refractivity contribution in [3.8, 4) is 0 Å². The van der Waals surface area contributed by atoms with E-state index in [1.165, 1.54) is 9.80 Å². The quantitative estimate of drug-likeness (QED) is 0.471. The molecule has 11 heteroatoms. The standard InChI is InChI=1S/C30H38N4O7/c1-21(39-17-22-11-7-5-8-12-22)24(32-27(37)40-18-23-13-9-6-10-14-23)25(35)34-16-15-33(28(38)41-29(2,3)4)20-30(34)19-31-26(30)36/h5-14,21,24H,15-20H2,1-4H3,(H,31,36)(H,32,37). The molecular formula is C30H38N4O7. The maximum absolute atomic E-state index is 14.1. The van der Waals surface area contributed by atoms with Gasteiger partial charge in [0.1, 0.15) is 18.2 Å². The van der Waals surface area contributed by atoms with Crippen LogP contribution in [0.25, 0.3) is 0 Å². The average molecular weight is 567 g/mol. The van der Waals surface area contributed by atoms with Gasteiger partial charge in [0.15, 0.2) is 5.54 Å². The van der Waals surface area contributed by atoms with Gasteiger partial charge in [-0.3, -0.25) is 9.59 Å². The van der Waals surface area contributed by atoms with Gasteiger partial charge in [-0.1, -0.05) is 60.7 Å². The number of hydrogen-bond acceptors (Lipinski definition) is 7. The van der Waals surface area contributed by atoms with Crippen LogP contribution in [0.3, 0.4) is 0 Å². The predicted molar refractivity (Wildman–Crippen MR) is 150 cm³/mol. The molecule has 2 heterocycles. The van der Waals surface area contributed by atoms with Gasteiger partial charge in [0.05, 0.1) is 25.8 Å². The van der Waals surface area contributed by atoms with Gasteiger partial charge >= 0.3 is 12.2 Å². The topological polar surface area (TPSA) is 127 Å². The minimum atomic E-state index is -1.28. The smallest absolute Gasteiger partial charge is 0.410 e. The Balaban J connectivity index is 1.51. The van der Waals surface area contributed by atoms with Crippen LogP contribution in [0.4, 0.5) is 9.59 Å². The number of ether oxygens (including phenoxy) is 3. The predicted octanol–water partition coefficient (Wildman–Crippen LogP) is 2.83. The molecule has 2 N–H and O–H groups in total. The van der Waals surface area contributed by atoms with E-state index in [1.807, 2.05) is 60.7 Å². The van der Waals surface area contributed by atoms with E-state index in [1.54, 1.807) is 27.7 Å². The number of carbonyl (C=O) groups is 4. The normalized spacial score (nSPS) is 20.0. The highest BCUT2D eigenvalue weighted by molar-refractivity contribution is 5.99. The summed E-state index contributed by atoms with van der Waals surface area (Å²) in [4.78, 5) is 55.6. The van der Waals surface area contributed by atoms with E-state index >= 15 is 0 Å². The zero-order chi connectivity index (χ0) is 29.6. The lowest BCUT2D eigenvalue weighted by Gasteiger charge is -2.54. The van der Waals surface area contributed by atoms with E-state index < -0.39 is 41.4 Å². The first-order chi connectivity index (χ1) is 19.5. The van der Waals surface area contributed by atoms with Crippen molar-refractivity contribution in [3.05, 3.63) is 71.8 Å². The number of benzene rings is 2. The number of nitrogens with zero attached hydrogens (tertiary/aromatic N) is 2. The summed E-state index contributed by atoms with van der Waals surface area (Å²) in [5, 5.41) is 5.37. The molecule has 1 spiro atoms. The lowest BCUT2D eigenvalue weighted by molar-refractivity contribution is -0.164. The van der Waals surface area contributed by atoms with Crippen molar-refractivity contribution >= 4 is 24.0 Å². The molecular weight excluding hydrogens is 528 g/mol. The number of rotatable bonds is 8. The lowest BCUT2D eigenvalue weighted by atomic mass is 9.85. The molecule has 2 aliphatic heterocycles. The number of carbonyl (C=O) groups excluding carboxylic acids is 4. The lowest BCUT2D eigenvalue weighted by Crippen LogP contribution is -2.81. The number of hydrogen-bond donors (Lipinski definition) is 2. The van der Waals surface area contributed by atoms with E-state index in [9.17, 15) is 19.2 Å². The van der Waals surface area contributed by atoms with Gasteiger partial charge in [0, 0.05) is 13.1 Å². The Morgan fingerprint density at radius 2 is 1.59 bits per heavy atom. The summed E-state index contributed by atoms with van der Waals surface area (Å²) < 4.78 is 16.9. The highest BCUT2D eigenvalue weighted by Gasteiger charge is 2.58. The summed E-state index contributed by atoms with van der Waals surface area (Å²) in [5.41, 5.74) is -0.292. The molecule has 220 valence electrons. The number of β-lactam (4-membered cyclic amide) rings is 1. The summed E-state index contributed by atoms with van der Waals surface area (Å²) >= 11 is 0. The van der Waals surface area contributed by atoms with E-state index in [-0.39, 0.29) is 45.3 Å². The van der Waals surface area contributed by atoms with Crippen LogP contribution < -0.4 is 10.6 Å². The molecule has 3 unspecified atom stereocenters. The van der Waals surface area contributed by atoms with Crippen LogP contribution in [-0.2, 0) is 37.0 Å². The van der Waals surface area contributed by atoms with Crippen molar-refractivity contribution < 1.29 is 33.4 Å². The Morgan fingerprint density at radius 3 is 2.12 bits per heavy atom. The van der Waals surface area contributed by atoms with Crippen LogP contribution in [0, 0.1) is 0 Å². The van der Waals surface area contributed by atoms with Crippen LogP contribution in [0.2, 0.25) is 0 Å². The van der Waals surface area contributed by atoms with Crippen molar-refractivity contribution in [1.29, 1.82) is 0 Å². The molecule has 2 aliphatic rings. The fourth-order valence-electron chi connectivity index (χ4n) is 4.77. The third-order valence-corrected chi connectivity index (χ3v) is 7.02. The molecule has 41 heavy (non-hydrogen) atoms.